The molecule has 3 amide bonds. The summed E-state index contributed by atoms with van der Waals surface area (Å²) in [6.07, 6.45) is 3.12. The van der Waals surface area contributed by atoms with E-state index in [1.54, 1.807) is 11.0 Å². The van der Waals surface area contributed by atoms with Gasteiger partial charge in [-0.2, -0.15) is 0 Å². The van der Waals surface area contributed by atoms with Crippen LogP contribution in [0.1, 0.15) is 26.7 Å². The smallest absolute Gasteiger partial charge is 0.323 e. The summed E-state index contributed by atoms with van der Waals surface area (Å²) in [5, 5.41) is 5.78. The highest BCUT2D eigenvalue weighted by molar-refractivity contribution is 5.89. The van der Waals surface area contributed by atoms with Gasteiger partial charge >= 0.3 is 6.03 Å². The molecule has 0 radical (unpaired) electrons. The van der Waals surface area contributed by atoms with Crippen LogP contribution in [-0.2, 0) is 4.79 Å². The molecule has 24 heavy (non-hydrogen) atoms. The number of nitrogens with one attached hydrogen (secondary N) is 2. The number of likely N-dealkylation sites (tertiary alicyclic amines) is 1. The zero-order valence-electron chi connectivity index (χ0n) is 14.2. The number of piperidine rings is 1. The molecular weight excluding hydrogens is 310 g/mol. The average molecular weight is 333 g/mol. The Bertz CT molecular complexity index is 640. The molecule has 1 aromatic rings. The number of hydrogen-bond donors (Lipinski definition) is 2. The molecule has 2 aliphatic rings. The zero-order valence-corrected chi connectivity index (χ0v) is 14.2. The SMILES string of the molecule is COc1cc(NC(=O)N2CCC([C@H]3NC(=O)C3(C)C)CC2)ncn1. The lowest BCUT2D eigenvalue weighted by molar-refractivity contribution is -0.146. The highest BCUT2D eigenvalue weighted by Gasteiger charge is 2.51. The molecule has 130 valence electrons. The van der Waals surface area contributed by atoms with Crippen LogP contribution in [-0.4, -0.2) is 53.0 Å². The van der Waals surface area contributed by atoms with E-state index in [1.807, 2.05) is 13.8 Å². The van der Waals surface area contributed by atoms with Crippen molar-refractivity contribution in [3.63, 3.8) is 0 Å². The lowest BCUT2D eigenvalue weighted by atomic mass is 9.68. The first-order valence-corrected chi connectivity index (χ1v) is 8.14. The molecule has 2 aliphatic heterocycles. The Morgan fingerprint density at radius 3 is 2.67 bits per heavy atom. The van der Waals surface area contributed by atoms with Gasteiger partial charge in [-0.3, -0.25) is 10.1 Å². The fourth-order valence-electron chi connectivity index (χ4n) is 3.42. The highest BCUT2D eigenvalue weighted by atomic mass is 16.5. The Labute approximate surface area is 141 Å². The van der Waals surface area contributed by atoms with Crippen LogP contribution < -0.4 is 15.4 Å². The van der Waals surface area contributed by atoms with Crippen LogP contribution in [0.3, 0.4) is 0 Å². The maximum atomic E-state index is 12.4. The van der Waals surface area contributed by atoms with Crippen molar-refractivity contribution in [2.24, 2.45) is 11.3 Å². The number of urea groups is 1. The van der Waals surface area contributed by atoms with E-state index in [0.29, 0.717) is 30.7 Å². The van der Waals surface area contributed by atoms with Crippen LogP contribution >= 0.6 is 0 Å². The molecule has 0 saturated carbocycles. The monoisotopic (exact) mass is 333 g/mol. The number of amides is 3. The van der Waals surface area contributed by atoms with Crippen LogP contribution in [0.15, 0.2) is 12.4 Å². The highest BCUT2D eigenvalue weighted by Crippen LogP contribution is 2.38. The van der Waals surface area contributed by atoms with Crippen molar-refractivity contribution in [3.05, 3.63) is 12.4 Å². The number of ether oxygens (including phenoxy) is 1. The molecule has 0 aromatic carbocycles. The number of β-lactam (4-membered cyclic amide) rings is 1. The lowest BCUT2D eigenvalue weighted by Gasteiger charge is -2.50. The van der Waals surface area contributed by atoms with Crippen LogP contribution in [0, 0.1) is 11.3 Å². The lowest BCUT2D eigenvalue weighted by Crippen LogP contribution is -2.68. The van der Waals surface area contributed by atoms with Gasteiger partial charge in [-0.15, -0.1) is 0 Å². The Balaban J connectivity index is 1.53. The van der Waals surface area contributed by atoms with Crippen molar-refractivity contribution in [2.75, 3.05) is 25.5 Å². The van der Waals surface area contributed by atoms with Gasteiger partial charge in [0.2, 0.25) is 11.8 Å². The minimum atomic E-state index is -0.299. The summed E-state index contributed by atoms with van der Waals surface area (Å²) in [6.45, 7) is 5.30. The van der Waals surface area contributed by atoms with E-state index in [0.717, 1.165) is 12.8 Å². The van der Waals surface area contributed by atoms with Gasteiger partial charge in [-0.25, -0.2) is 14.8 Å². The second kappa shape index (κ2) is 6.26. The zero-order chi connectivity index (χ0) is 17.3. The topological polar surface area (TPSA) is 96.5 Å². The molecule has 1 aromatic heterocycles. The Morgan fingerprint density at radius 2 is 2.08 bits per heavy atom. The van der Waals surface area contributed by atoms with Crippen molar-refractivity contribution >= 4 is 17.8 Å². The first kappa shape index (κ1) is 16.5. The van der Waals surface area contributed by atoms with Crippen molar-refractivity contribution < 1.29 is 14.3 Å². The van der Waals surface area contributed by atoms with Gasteiger partial charge in [0.05, 0.1) is 12.5 Å². The van der Waals surface area contributed by atoms with E-state index in [4.69, 9.17) is 4.74 Å². The molecule has 2 N–H and O–H groups in total. The normalized spacial score (nSPS) is 23.2. The number of anilines is 1. The number of methoxy groups -OCH3 is 1. The van der Waals surface area contributed by atoms with Gasteiger partial charge in [0, 0.05) is 25.2 Å². The standard InChI is InChI=1S/C16H23N5O3/c1-16(2)13(20-14(16)22)10-4-6-21(7-5-10)15(23)19-11-8-12(24-3)18-9-17-11/h8-10,13H,4-7H2,1-3H3,(H,20,22)(H,17,18,19,23)/t13-/m1/s1. The fourth-order valence-corrected chi connectivity index (χ4v) is 3.42. The molecule has 8 nitrogen and oxygen atoms in total. The summed E-state index contributed by atoms with van der Waals surface area (Å²) in [7, 11) is 1.51. The number of hydrogen-bond acceptors (Lipinski definition) is 5. The molecule has 3 rings (SSSR count). The van der Waals surface area contributed by atoms with Crippen LogP contribution in [0.25, 0.3) is 0 Å². The van der Waals surface area contributed by atoms with E-state index < -0.39 is 0 Å². The van der Waals surface area contributed by atoms with Gasteiger partial charge in [-0.1, -0.05) is 0 Å². The van der Waals surface area contributed by atoms with Gasteiger partial charge in [0.15, 0.2) is 0 Å². The molecule has 8 heteroatoms. The van der Waals surface area contributed by atoms with Crippen molar-refractivity contribution in [2.45, 2.75) is 32.7 Å². The third kappa shape index (κ3) is 3.00. The summed E-state index contributed by atoms with van der Waals surface area (Å²) in [4.78, 5) is 33.7. The van der Waals surface area contributed by atoms with E-state index in [1.165, 1.54) is 13.4 Å². The number of carbonyl (C=O) groups is 2. The largest absolute Gasteiger partial charge is 0.481 e. The Hall–Kier alpha value is -2.38. The van der Waals surface area contributed by atoms with E-state index >= 15 is 0 Å². The van der Waals surface area contributed by atoms with E-state index in [-0.39, 0.29) is 23.4 Å². The van der Waals surface area contributed by atoms with Gasteiger partial charge in [-0.05, 0) is 32.6 Å². The number of aromatic nitrogens is 2. The molecule has 3 heterocycles. The molecule has 0 aliphatic carbocycles. The summed E-state index contributed by atoms with van der Waals surface area (Å²) in [5.41, 5.74) is -0.299. The summed E-state index contributed by atoms with van der Waals surface area (Å²) >= 11 is 0. The van der Waals surface area contributed by atoms with Crippen LogP contribution in [0.4, 0.5) is 10.6 Å². The number of rotatable bonds is 3. The summed E-state index contributed by atoms with van der Waals surface area (Å²) < 4.78 is 5.02. The van der Waals surface area contributed by atoms with Gasteiger partial charge in [0.1, 0.15) is 12.1 Å². The van der Waals surface area contributed by atoms with Crippen molar-refractivity contribution in [3.8, 4) is 5.88 Å². The second-order valence-corrected chi connectivity index (χ2v) is 6.87. The molecule has 0 unspecified atom stereocenters. The molecule has 1 atom stereocenters. The molecule has 2 saturated heterocycles. The molecule has 0 bridgehead atoms. The third-order valence-corrected chi connectivity index (χ3v) is 5.03. The fraction of sp³-hybridized carbons (Fsp3) is 0.625. The maximum Gasteiger partial charge on any atom is 0.323 e. The number of nitrogens with zero attached hydrogens (tertiary/aromatic N) is 3. The van der Waals surface area contributed by atoms with E-state index in [9.17, 15) is 9.59 Å². The quantitative estimate of drug-likeness (QED) is 0.812. The van der Waals surface area contributed by atoms with Crippen molar-refractivity contribution in [1.82, 2.24) is 20.2 Å². The molecule has 0 spiro atoms. The first-order valence-electron chi connectivity index (χ1n) is 8.14. The van der Waals surface area contributed by atoms with Gasteiger partial charge < -0.3 is 15.0 Å². The molecular formula is C16H23N5O3. The summed E-state index contributed by atoms with van der Waals surface area (Å²) in [6, 6.07) is 1.62. The average Bonchev–Trinajstić information content (AvgIpc) is 2.60. The molecule has 2 fully saturated rings. The van der Waals surface area contributed by atoms with E-state index in [2.05, 4.69) is 20.6 Å². The third-order valence-electron chi connectivity index (χ3n) is 5.03. The van der Waals surface area contributed by atoms with Crippen LogP contribution in [0.2, 0.25) is 0 Å². The Kier molecular flexibility index (Phi) is 4.29. The van der Waals surface area contributed by atoms with Crippen molar-refractivity contribution in [1.29, 1.82) is 0 Å². The Morgan fingerprint density at radius 1 is 1.38 bits per heavy atom. The van der Waals surface area contributed by atoms with Crippen LogP contribution in [0.5, 0.6) is 5.88 Å². The summed E-state index contributed by atoms with van der Waals surface area (Å²) in [5.74, 6) is 1.36. The predicted molar refractivity (Wildman–Crippen MR) is 87.6 cm³/mol. The minimum absolute atomic E-state index is 0.116. The number of carbonyl (C=O) groups excluding carboxylic acids is 2. The van der Waals surface area contributed by atoms with Gasteiger partial charge in [0.25, 0.3) is 0 Å². The second-order valence-electron chi connectivity index (χ2n) is 6.87. The minimum Gasteiger partial charge on any atom is -0.481 e. The predicted octanol–water partition coefficient (Wildman–Crippen LogP) is 1.25. The maximum absolute atomic E-state index is 12.4. The first-order chi connectivity index (χ1) is 11.4.